The first-order valence-electron chi connectivity index (χ1n) is 4.84. The Morgan fingerprint density at radius 3 is 2.69 bits per heavy atom. The molecule has 84 valence electrons. The van der Waals surface area contributed by atoms with Crippen LogP contribution in [0, 0.1) is 6.92 Å². The smallest absolute Gasteiger partial charge is 0.163 e. The molecule has 0 unspecified atom stereocenters. The van der Waals surface area contributed by atoms with E-state index in [1.165, 1.54) is 0 Å². The topological polar surface area (TPSA) is 30.7 Å². The molecule has 1 heterocycles. The van der Waals surface area contributed by atoms with E-state index < -0.39 is 0 Å². The lowest BCUT2D eigenvalue weighted by atomic mass is 10.1. The van der Waals surface area contributed by atoms with E-state index in [2.05, 4.69) is 26.1 Å². The molecule has 0 fully saturated rings. The van der Waals surface area contributed by atoms with Crippen molar-refractivity contribution in [2.24, 2.45) is 7.05 Å². The normalized spacial score (nSPS) is 10.8. The van der Waals surface area contributed by atoms with Gasteiger partial charge in [-0.2, -0.15) is 0 Å². The third-order valence-electron chi connectivity index (χ3n) is 2.50. The number of benzene rings is 1. The van der Waals surface area contributed by atoms with Crippen LogP contribution >= 0.6 is 27.5 Å². The van der Waals surface area contributed by atoms with E-state index >= 15 is 0 Å². The van der Waals surface area contributed by atoms with Gasteiger partial charge < -0.3 is 4.57 Å². The number of hydrogen-bond donors (Lipinski definition) is 0. The number of aromatic nitrogens is 3. The van der Waals surface area contributed by atoms with Gasteiger partial charge >= 0.3 is 0 Å². The zero-order valence-corrected chi connectivity index (χ0v) is 11.4. The van der Waals surface area contributed by atoms with Gasteiger partial charge in [0.05, 0.1) is 5.33 Å². The lowest BCUT2D eigenvalue weighted by Crippen LogP contribution is -1.97. The Hall–Kier alpha value is -0.870. The summed E-state index contributed by atoms with van der Waals surface area (Å²) in [6, 6.07) is 5.86. The SMILES string of the molecule is Cc1cc(-c2nnc(CBr)n2C)ccc1Cl. The third-order valence-corrected chi connectivity index (χ3v) is 3.43. The predicted molar refractivity (Wildman–Crippen MR) is 68.8 cm³/mol. The zero-order valence-electron chi connectivity index (χ0n) is 9.04. The van der Waals surface area contributed by atoms with Crippen LogP contribution in [0.25, 0.3) is 11.4 Å². The summed E-state index contributed by atoms with van der Waals surface area (Å²) < 4.78 is 1.97. The Morgan fingerprint density at radius 2 is 2.12 bits per heavy atom. The lowest BCUT2D eigenvalue weighted by molar-refractivity contribution is 0.859. The number of hydrogen-bond acceptors (Lipinski definition) is 2. The minimum atomic E-state index is 0.697. The van der Waals surface area contributed by atoms with Crippen LogP contribution < -0.4 is 0 Å². The van der Waals surface area contributed by atoms with Crippen LogP contribution in [0.15, 0.2) is 18.2 Å². The van der Waals surface area contributed by atoms with Gasteiger partial charge in [0.2, 0.25) is 0 Å². The highest BCUT2D eigenvalue weighted by Gasteiger charge is 2.10. The summed E-state index contributed by atoms with van der Waals surface area (Å²) in [4.78, 5) is 0. The molecule has 5 heteroatoms. The van der Waals surface area contributed by atoms with Gasteiger partial charge in [0.1, 0.15) is 5.82 Å². The quantitative estimate of drug-likeness (QED) is 0.796. The predicted octanol–water partition coefficient (Wildman–Crippen LogP) is 3.34. The van der Waals surface area contributed by atoms with Crippen molar-refractivity contribution in [3.8, 4) is 11.4 Å². The van der Waals surface area contributed by atoms with E-state index in [0.29, 0.717) is 5.33 Å². The van der Waals surface area contributed by atoms with Crippen LogP contribution in [-0.4, -0.2) is 14.8 Å². The monoisotopic (exact) mass is 299 g/mol. The van der Waals surface area contributed by atoms with Crippen molar-refractivity contribution in [1.29, 1.82) is 0 Å². The van der Waals surface area contributed by atoms with Gasteiger partial charge in [-0.3, -0.25) is 0 Å². The third kappa shape index (κ3) is 1.99. The standard InChI is InChI=1S/C11H11BrClN3/c1-7-5-8(3-4-9(7)13)11-15-14-10(6-12)16(11)2/h3-5H,6H2,1-2H3. The second kappa shape index (κ2) is 4.55. The summed E-state index contributed by atoms with van der Waals surface area (Å²) >= 11 is 9.37. The van der Waals surface area contributed by atoms with E-state index in [4.69, 9.17) is 11.6 Å². The number of rotatable bonds is 2. The first-order valence-corrected chi connectivity index (χ1v) is 6.34. The second-order valence-electron chi connectivity index (χ2n) is 3.60. The first kappa shape index (κ1) is 11.6. The summed E-state index contributed by atoms with van der Waals surface area (Å²) in [5.74, 6) is 1.76. The first-order chi connectivity index (χ1) is 7.63. The molecule has 0 aliphatic heterocycles. The molecule has 0 aliphatic carbocycles. The maximum Gasteiger partial charge on any atom is 0.163 e. The average molecular weight is 301 g/mol. The van der Waals surface area contributed by atoms with Crippen molar-refractivity contribution >= 4 is 27.5 Å². The molecule has 0 aliphatic rings. The lowest BCUT2D eigenvalue weighted by Gasteiger charge is -2.04. The van der Waals surface area contributed by atoms with Crippen molar-refractivity contribution < 1.29 is 0 Å². The van der Waals surface area contributed by atoms with E-state index in [1.54, 1.807) is 0 Å². The Labute approximate surface area is 108 Å². The number of nitrogens with zero attached hydrogens (tertiary/aromatic N) is 3. The Balaban J connectivity index is 2.50. The summed E-state index contributed by atoms with van der Waals surface area (Å²) in [5.41, 5.74) is 2.08. The molecule has 1 aromatic heterocycles. The van der Waals surface area contributed by atoms with Crippen LogP contribution in [0.3, 0.4) is 0 Å². The highest BCUT2D eigenvalue weighted by atomic mass is 79.9. The van der Waals surface area contributed by atoms with E-state index in [-0.39, 0.29) is 0 Å². The van der Waals surface area contributed by atoms with Gasteiger partial charge in [-0.1, -0.05) is 27.5 Å². The zero-order chi connectivity index (χ0) is 11.7. The van der Waals surface area contributed by atoms with Gasteiger partial charge in [-0.25, -0.2) is 0 Å². The van der Waals surface area contributed by atoms with Crippen molar-refractivity contribution in [2.75, 3.05) is 0 Å². The van der Waals surface area contributed by atoms with Crippen LogP contribution in [0.4, 0.5) is 0 Å². The fraction of sp³-hybridized carbons (Fsp3) is 0.273. The Morgan fingerprint density at radius 1 is 1.38 bits per heavy atom. The number of alkyl halides is 1. The fourth-order valence-corrected chi connectivity index (χ4v) is 2.12. The Kier molecular flexibility index (Phi) is 3.30. The minimum Gasteiger partial charge on any atom is -0.313 e. The van der Waals surface area contributed by atoms with Crippen LogP contribution in [0.2, 0.25) is 5.02 Å². The summed E-state index contributed by atoms with van der Waals surface area (Å²) in [6.45, 7) is 1.98. The largest absolute Gasteiger partial charge is 0.313 e. The molecular weight excluding hydrogens is 289 g/mol. The van der Waals surface area contributed by atoms with Gasteiger partial charge in [-0.15, -0.1) is 10.2 Å². The second-order valence-corrected chi connectivity index (χ2v) is 4.56. The van der Waals surface area contributed by atoms with Crippen molar-refractivity contribution in [3.63, 3.8) is 0 Å². The van der Waals surface area contributed by atoms with Gasteiger partial charge in [-0.05, 0) is 30.7 Å². The van der Waals surface area contributed by atoms with Gasteiger partial charge in [0.15, 0.2) is 5.82 Å². The number of aryl methyl sites for hydroxylation is 1. The molecule has 16 heavy (non-hydrogen) atoms. The molecule has 0 spiro atoms. The molecule has 0 atom stereocenters. The maximum atomic E-state index is 5.99. The molecule has 0 saturated carbocycles. The maximum absolute atomic E-state index is 5.99. The molecule has 0 bridgehead atoms. The highest BCUT2D eigenvalue weighted by Crippen LogP contribution is 2.23. The van der Waals surface area contributed by atoms with Crippen LogP contribution in [-0.2, 0) is 12.4 Å². The molecule has 0 radical (unpaired) electrons. The van der Waals surface area contributed by atoms with Gasteiger partial charge in [0, 0.05) is 17.6 Å². The van der Waals surface area contributed by atoms with Crippen LogP contribution in [0.5, 0.6) is 0 Å². The van der Waals surface area contributed by atoms with Gasteiger partial charge in [0.25, 0.3) is 0 Å². The van der Waals surface area contributed by atoms with E-state index in [9.17, 15) is 0 Å². The van der Waals surface area contributed by atoms with E-state index in [0.717, 1.165) is 27.8 Å². The molecule has 0 amide bonds. The van der Waals surface area contributed by atoms with Crippen molar-refractivity contribution in [1.82, 2.24) is 14.8 Å². The van der Waals surface area contributed by atoms with E-state index in [1.807, 2.05) is 36.7 Å². The van der Waals surface area contributed by atoms with Crippen molar-refractivity contribution in [3.05, 3.63) is 34.6 Å². The molecular formula is C11H11BrClN3. The average Bonchev–Trinajstić information content (AvgIpc) is 2.64. The summed E-state index contributed by atoms with van der Waals surface area (Å²) in [5, 5.41) is 9.73. The van der Waals surface area contributed by atoms with Crippen LogP contribution in [0.1, 0.15) is 11.4 Å². The molecule has 0 saturated heterocycles. The molecule has 1 aromatic carbocycles. The number of halogens is 2. The summed E-state index contributed by atoms with van der Waals surface area (Å²) in [7, 11) is 1.95. The fourth-order valence-electron chi connectivity index (χ4n) is 1.51. The highest BCUT2D eigenvalue weighted by molar-refractivity contribution is 9.08. The molecule has 2 aromatic rings. The molecule has 2 rings (SSSR count). The minimum absolute atomic E-state index is 0.697. The molecule has 3 nitrogen and oxygen atoms in total. The summed E-state index contributed by atoms with van der Waals surface area (Å²) in [6.07, 6.45) is 0. The molecule has 0 N–H and O–H groups in total. The Bertz CT molecular complexity index is 522. The van der Waals surface area contributed by atoms with Crippen molar-refractivity contribution in [2.45, 2.75) is 12.3 Å².